The lowest BCUT2D eigenvalue weighted by Crippen LogP contribution is -2.13. The van der Waals surface area contributed by atoms with Crippen molar-refractivity contribution in [3.8, 4) is 0 Å². The highest BCUT2D eigenvalue weighted by Crippen LogP contribution is 2.32. The Kier molecular flexibility index (Phi) is 6.87. The van der Waals surface area contributed by atoms with Gasteiger partial charge in [-0.1, -0.05) is 12.1 Å². The summed E-state index contributed by atoms with van der Waals surface area (Å²) in [5.74, 6) is -1.26. The van der Waals surface area contributed by atoms with E-state index in [9.17, 15) is 18.0 Å². The fraction of sp³-hybridized carbons (Fsp3) is 0.462. The molecule has 1 aromatic carbocycles. The molecular weight excluding hydrogens is 291 g/mol. The van der Waals surface area contributed by atoms with Crippen LogP contribution in [0.25, 0.3) is 0 Å². The maximum Gasteiger partial charge on any atom is 0.398 e. The van der Waals surface area contributed by atoms with Crippen molar-refractivity contribution >= 4 is 23.4 Å². The lowest BCUT2D eigenvalue weighted by atomic mass is 10.2. The van der Waals surface area contributed by atoms with Crippen molar-refractivity contribution < 1.29 is 23.1 Å². The number of carbonyl (C=O) groups is 1. The first-order chi connectivity index (χ1) is 9.42. The number of alkyl halides is 3. The second kappa shape index (κ2) is 8.16. The van der Waals surface area contributed by atoms with E-state index in [4.69, 9.17) is 5.11 Å². The highest BCUT2D eigenvalue weighted by Gasteiger charge is 2.27. The summed E-state index contributed by atoms with van der Waals surface area (Å²) >= 11 is 0.645. The van der Waals surface area contributed by atoms with Crippen molar-refractivity contribution in [2.45, 2.75) is 30.3 Å². The molecule has 7 heteroatoms. The number of nitrogens with one attached hydrogen (secondary N) is 1. The van der Waals surface area contributed by atoms with Gasteiger partial charge in [-0.25, -0.2) is 0 Å². The molecule has 2 N–H and O–H groups in total. The predicted octanol–water partition coefficient (Wildman–Crippen LogP) is 3.44. The number of aliphatic hydroxyl groups is 1. The number of halogens is 3. The number of benzene rings is 1. The fourth-order valence-corrected chi connectivity index (χ4v) is 2.23. The van der Waals surface area contributed by atoms with Gasteiger partial charge in [0, 0.05) is 17.9 Å². The lowest BCUT2D eigenvalue weighted by molar-refractivity contribution is -0.116. The van der Waals surface area contributed by atoms with Gasteiger partial charge >= 0.3 is 6.18 Å². The summed E-state index contributed by atoms with van der Waals surface area (Å²) in [6, 6.07) is 6.39. The molecule has 0 unspecified atom stereocenters. The van der Waals surface area contributed by atoms with Crippen LogP contribution < -0.4 is 5.32 Å². The van der Waals surface area contributed by atoms with E-state index in [1.54, 1.807) is 24.3 Å². The SMILES string of the molecule is O=C(CCCCO)Nc1ccccc1SCC(F)(F)F. The Balaban J connectivity index is 2.58. The van der Waals surface area contributed by atoms with Gasteiger partial charge in [0.15, 0.2) is 0 Å². The molecule has 0 atom stereocenters. The zero-order valence-electron chi connectivity index (χ0n) is 10.7. The van der Waals surface area contributed by atoms with E-state index >= 15 is 0 Å². The van der Waals surface area contributed by atoms with Gasteiger partial charge in [-0.15, -0.1) is 11.8 Å². The molecule has 3 nitrogen and oxygen atoms in total. The number of hydrogen-bond donors (Lipinski definition) is 2. The number of amides is 1. The van der Waals surface area contributed by atoms with Crippen molar-refractivity contribution in [1.82, 2.24) is 0 Å². The standard InChI is InChI=1S/C13H16F3NO2S/c14-13(15,16)9-20-11-6-2-1-5-10(11)17-12(19)7-3-4-8-18/h1-2,5-6,18H,3-4,7-9H2,(H,17,19). The average molecular weight is 307 g/mol. The van der Waals surface area contributed by atoms with Crippen LogP contribution in [0.2, 0.25) is 0 Å². The number of aliphatic hydroxyl groups excluding tert-OH is 1. The van der Waals surface area contributed by atoms with Gasteiger partial charge in [-0.2, -0.15) is 13.2 Å². The molecule has 0 aromatic heterocycles. The van der Waals surface area contributed by atoms with E-state index in [1.165, 1.54) is 0 Å². The summed E-state index contributed by atoms with van der Waals surface area (Å²) in [5.41, 5.74) is 0.385. The highest BCUT2D eigenvalue weighted by molar-refractivity contribution is 7.99. The smallest absolute Gasteiger partial charge is 0.396 e. The third kappa shape index (κ3) is 6.81. The fourth-order valence-electron chi connectivity index (χ4n) is 1.47. The molecule has 1 rings (SSSR count). The van der Waals surface area contributed by atoms with Gasteiger partial charge in [0.05, 0.1) is 11.4 Å². The molecule has 1 amide bonds. The van der Waals surface area contributed by atoms with Gasteiger partial charge in [-0.3, -0.25) is 4.79 Å². The molecule has 1 aromatic rings. The van der Waals surface area contributed by atoms with Crippen LogP contribution >= 0.6 is 11.8 Å². The van der Waals surface area contributed by atoms with E-state index in [0.29, 0.717) is 35.2 Å². The first-order valence-corrected chi connectivity index (χ1v) is 7.10. The zero-order valence-corrected chi connectivity index (χ0v) is 11.6. The molecule has 20 heavy (non-hydrogen) atoms. The molecule has 0 aliphatic heterocycles. The largest absolute Gasteiger partial charge is 0.398 e. The van der Waals surface area contributed by atoms with Gasteiger partial charge in [0.1, 0.15) is 0 Å². The van der Waals surface area contributed by atoms with Crippen LogP contribution in [0.5, 0.6) is 0 Å². The van der Waals surface area contributed by atoms with Crippen molar-refractivity contribution in [2.75, 3.05) is 17.7 Å². The number of hydrogen-bond acceptors (Lipinski definition) is 3. The van der Waals surface area contributed by atoms with Gasteiger partial charge in [0.2, 0.25) is 5.91 Å². The van der Waals surface area contributed by atoms with E-state index in [0.717, 1.165) is 0 Å². The Labute approximate surface area is 119 Å². The average Bonchev–Trinajstić information content (AvgIpc) is 2.37. The second-order valence-electron chi connectivity index (χ2n) is 4.13. The Hall–Kier alpha value is -1.21. The Morgan fingerprint density at radius 1 is 1.25 bits per heavy atom. The molecule has 0 fully saturated rings. The van der Waals surface area contributed by atoms with Crippen LogP contribution in [-0.2, 0) is 4.79 Å². The summed E-state index contributed by atoms with van der Waals surface area (Å²) in [4.78, 5) is 12.0. The van der Waals surface area contributed by atoms with Crippen LogP contribution in [0.1, 0.15) is 19.3 Å². The van der Waals surface area contributed by atoms with E-state index in [2.05, 4.69) is 5.32 Å². The number of thioether (sulfide) groups is 1. The molecule has 0 radical (unpaired) electrons. The second-order valence-corrected chi connectivity index (χ2v) is 5.15. The minimum atomic E-state index is -4.25. The summed E-state index contributed by atoms with van der Waals surface area (Å²) in [7, 11) is 0. The molecule has 0 spiro atoms. The van der Waals surface area contributed by atoms with Crippen LogP contribution in [-0.4, -0.2) is 29.5 Å². The molecule has 0 saturated heterocycles. The summed E-state index contributed by atoms with van der Waals surface area (Å²) in [6.07, 6.45) is -2.94. The number of para-hydroxylation sites is 1. The van der Waals surface area contributed by atoms with Crippen LogP contribution in [0, 0.1) is 0 Å². The first-order valence-electron chi connectivity index (χ1n) is 6.11. The Bertz CT molecular complexity index is 438. The predicted molar refractivity (Wildman–Crippen MR) is 72.8 cm³/mol. The summed E-state index contributed by atoms with van der Waals surface area (Å²) in [6.45, 7) is 0.0191. The van der Waals surface area contributed by atoms with Gasteiger partial charge in [-0.05, 0) is 25.0 Å². The number of rotatable bonds is 7. The van der Waals surface area contributed by atoms with Crippen LogP contribution in [0.4, 0.5) is 18.9 Å². The maximum atomic E-state index is 12.2. The van der Waals surface area contributed by atoms with E-state index < -0.39 is 11.9 Å². The van der Waals surface area contributed by atoms with E-state index in [1.807, 2.05) is 0 Å². The highest BCUT2D eigenvalue weighted by atomic mass is 32.2. The van der Waals surface area contributed by atoms with Crippen LogP contribution in [0.3, 0.4) is 0 Å². The molecular formula is C13H16F3NO2S. The number of anilines is 1. The number of unbranched alkanes of at least 4 members (excludes halogenated alkanes) is 1. The lowest BCUT2D eigenvalue weighted by Gasteiger charge is -2.11. The maximum absolute atomic E-state index is 12.2. The zero-order chi connectivity index (χ0) is 15.0. The first kappa shape index (κ1) is 16.8. The van der Waals surface area contributed by atoms with Crippen LogP contribution in [0.15, 0.2) is 29.2 Å². The Morgan fingerprint density at radius 3 is 2.60 bits per heavy atom. The van der Waals surface area contributed by atoms with Gasteiger partial charge in [0.25, 0.3) is 0 Å². The van der Waals surface area contributed by atoms with Crippen molar-refractivity contribution in [3.05, 3.63) is 24.3 Å². The normalized spacial score (nSPS) is 11.4. The summed E-state index contributed by atoms with van der Waals surface area (Å²) < 4.78 is 36.6. The topological polar surface area (TPSA) is 49.3 Å². The quantitative estimate of drug-likeness (QED) is 0.599. The molecule has 112 valence electrons. The molecule has 0 aliphatic carbocycles. The van der Waals surface area contributed by atoms with Crippen molar-refractivity contribution in [2.24, 2.45) is 0 Å². The number of carbonyl (C=O) groups excluding carboxylic acids is 1. The minimum absolute atomic E-state index is 0.0191. The Morgan fingerprint density at radius 2 is 1.95 bits per heavy atom. The third-order valence-corrected chi connectivity index (χ3v) is 3.50. The molecule has 0 aliphatic rings. The molecule has 0 heterocycles. The third-order valence-electron chi connectivity index (χ3n) is 2.36. The van der Waals surface area contributed by atoms with E-state index in [-0.39, 0.29) is 18.9 Å². The van der Waals surface area contributed by atoms with Crippen molar-refractivity contribution in [3.63, 3.8) is 0 Å². The van der Waals surface area contributed by atoms with Crippen molar-refractivity contribution in [1.29, 1.82) is 0 Å². The minimum Gasteiger partial charge on any atom is -0.396 e. The monoisotopic (exact) mass is 307 g/mol. The molecule has 0 saturated carbocycles. The van der Waals surface area contributed by atoms with Gasteiger partial charge < -0.3 is 10.4 Å². The summed E-state index contributed by atoms with van der Waals surface area (Å²) in [5, 5.41) is 11.2. The molecule has 0 bridgehead atoms.